The van der Waals surface area contributed by atoms with Crippen LogP contribution < -0.4 is 9.47 Å². The average molecular weight is 471 g/mol. The van der Waals surface area contributed by atoms with Gasteiger partial charge in [0, 0.05) is 36.7 Å². The summed E-state index contributed by atoms with van der Waals surface area (Å²) in [6.07, 6.45) is -0.381. The van der Waals surface area contributed by atoms with E-state index in [2.05, 4.69) is 11.0 Å². The van der Waals surface area contributed by atoms with Crippen LogP contribution in [0.2, 0.25) is 0 Å². The molecular formula is C29H27FN2O3. The molecule has 35 heavy (non-hydrogen) atoms. The molecule has 6 heteroatoms. The van der Waals surface area contributed by atoms with Gasteiger partial charge in [0.1, 0.15) is 30.0 Å². The van der Waals surface area contributed by atoms with E-state index in [1.807, 2.05) is 49.4 Å². The van der Waals surface area contributed by atoms with Gasteiger partial charge in [-0.05, 0) is 66.1 Å². The summed E-state index contributed by atoms with van der Waals surface area (Å²) in [5.41, 5.74) is 5.22. The van der Waals surface area contributed by atoms with E-state index in [9.17, 15) is 14.8 Å². The Balaban J connectivity index is 1.40. The number of nitrogens with zero attached hydrogens (tertiary/aromatic N) is 2. The molecule has 0 saturated carbocycles. The molecule has 2 aliphatic rings. The summed E-state index contributed by atoms with van der Waals surface area (Å²) in [5, 5.41) is 19.5. The van der Waals surface area contributed by atoms with E-state index in [4.69, 9.17) is 9.47 Å². The number of aromatic hydroxyl groups is 1. The lowest BCUT2D eigenvalue weighted by Crippen LogP contribution is -2.49. The van der Waals surface area contributed by atoms with Crippen molar-refractivity contribution in [1.82, 2.24) is 4.90 Å². The van der Waals surface area contributed by atoms with Gasteiger partial charge in [-0.2, -0.15) is 5.26 Å². The van der Waals surface area contributed by atoms with Crippen LogP contribution in [0.15, 0.2) is 66.7 Å². The lowest BCUT2D eigenvalue weighted by Gasteiger charge is -2.37. The highest BCUT2D eigenvalue weighted by Gasteiger charge is 2.30. The monoisotopic (exact) mass is 470 g/mol. The minimum absolute atomic E-state index is 0.176. The molecule has 5 nitrogen and oxygen atoms in total. The molecule has 1 fully saturated rings. The molecule has 5 rings (SSSR count). The third-order valence-corrected chi connectivity index (χ3v) is 6.69. The highest BCUT2D eigenvalue weighted by atomic mass is 19.1. The van der Waals surface area contributed by atoms with E-state index in [-0.39, 0.29) is 24.4 Å². The number of likely N-dealkylation sites (tertiary alicyclic amines) is 1. The van der Waals surface area contributed by atoms with Gasteiger partial charge in [-0.15, -0.1) is 0 Å². The number of phenols is 1. The first kappa shape index (κ1) is 22.9. The first-order valence-corrected chi connectivity index (χ1v) is 11.8. The maximum Gasteiger partial charge on any atom is 0.150 e. The zero-order valence-electron chi connectivity index (χ0n) is 19.6. The fourth-order valence-electron chi connectivity index (χ4n) is 4.79. The summed E-state index contributed by atoms with van der Waals surface area (Å²) in [7, 11) is 0. The largest absolute Gasteiger partial charge is 0.508 e. The number of rotatable bonds is 7. The Hall–Kier alpha value is -3.82. The molecule has 3 aromatic carbocycles. The van der Waals surface area contributed by atoms with Crippen LogP contribution in [0, 0.1) is 17.2 Å². The lowest BCUT2D eigenvalue weighted by atomic mass is 9.85. The van der Waals surface area contributed by atoms with Gasteiger partial charge >= 0.3 is 0 Å². The highest BCUT2D eigenvalue weighted by Crippen LogP contribution is 2.47. The van der Waals surface area contributed by atoms with Gasteiger partial charge in [-0.25, -0.2) is 0 Å². The van der Waals surface area contributed by atoms with Gasteiger partial charge in [0.25, 0.3) is 0 Å². The smallest absolute Gasteiger partial charge is 0.150 e. The average Bonchev–Trinajstić information content (AvgIpc) is 2.86. The van der Waals surface area contributed by atoms with Gasteiger partial charge in [0.05, 0.1) is 18.3 Å². The van der Waals surface area contributed by atoms with E-state index in [1.54, 1.807) is 24.3 Å². The van der Waals surface area contributed by atoms with Crippen LogP contribution in [0.25, 0.3) is 11.1 Å². The van der Waals surface area contributed by atoms with Crippen LogP contribution in [0.3, 0.4) is 0 Å². The lowest BCUT2D eigenvalue weighted by molar-refractivity contribution is 0.0668. The van der Waals surface area contributed by atoms with Crippen molar-refractivity contribution in [3.05, 3.63) is 89.0 Å². The molecule has 178 valence electrons. The second-order valence-corrected chi connectivity index (χ2v) is 9.11. The molecule has 0 bridgehead atoms. The normalized spacial score (nSPS) is 17.8. The van der Waals surface area contributed by atoms with Crippen molar-refractivity contribution in [2.45, 2.75) is 13.0 Å². The Morgan fingerprint density at radius 1 is 1.11 bits per heavy atom. The predicted molar refractivity (Wildman–Crippen MR) is 133 cm³/mol. The van der Waals surface area contributed by atoms with Crippen molar-refractivity contribution in [3.63, 3.8) is 0 Å². The molecule has 1 saturated heterocycles. The molecule has 0 aliphatic carbocycles. The van der Waals surface area contributed by atoms with Crippen molar-refractivity contribution < 1.29 is 19.0 Å². The molecule has 1 N–H and O–H groups in total. The van der Waals surface area contributed by atoms with E-state index in [0.717, 1.165) is 53.2 Å². The third-order valence-electron chi connectivity index (χ3n) is 6.69. The summed E-state index contributed by atoms with van der Waals surface area (Å²) in [6, 6.07) is 22.7. The van der Waals surface area contributed by atoms with Crippen LogP contribution >= 0.6 is 0 Å². The SMILES string of the molecule is CC1=C(c2cccc(C#N)c2)[C@H](c2ccc(OCCN3CC(CF)C3)cc2)Oc2ccc(O)cc21. The number of hydrogen-bond acceptors (Lipinski definition) is 5. The molecule has 0 amide bonds. The Kier molecular flexibility index (Phi) is 6.43. The second-order valence-electron chi connectivity index (χ2n) is 9.11. The minimum atomic E-state index is -0.381. The number of halogens is 1. The Bertz CT molecular complexity index is 1290. The maximum absolute atomic E-state index is 12.6. The van der Waals surface area contributed by atoms with Crippen LogP contribution in [0.4, 0.5) is 4.39 Å². The summed E-state index contributed by atoms with van der Waals surface area (Å²) in [6.45, 7) is 4.72. The van der Waals surface area contributed by atoms with Gasteiger partial charge in [0.2, 0.25) is 0 Å². The number of nitriles is 1. The van der Waals surface area contributed by atoms with Crippen molar-refractivity contribution in [2.75, 3.05) is 32.9 Å². The van der Waals surface area contributed by atoms with E-state index in [0.29, 0.717) is 17.9 Å². The molecule has 0 spiro atoms. The number of alkyl halides is 1. The summed E-state index contributed by atoms with van der Waals surface area (Å²) >= 11 is 0. The topological polar surface area (TPSA) is 65.7 Å². The fraction of sp³-hybridized carbons (Fsp3) is 0.276. The molecule has 2 heterocycles. The predicted octanol–water partition coefficient (Wildman–Crippen LogP) is 5.61. The van der Waals surface area contributed by atoms with E-state index < -0.39 is 0 Å². The van der Waals surface area contributed by atoms with Gasteiger partial charge in [0.15, 0.2) is 0 Å². The number of phenolic OH excluding ortho intramolecular Hbond substituents is 1. The zero-order valence-corrected chi connectivity index (χ0v) is 19.6. The maximum atomic E-state index is 12.6. The molecule has 2 aliphatic heterocycles. The van der Waals surface area contributed by atoms with Crippen molar-refractivity contribution in [1.29, 1.82) is 5.26 Å². The van der Waals surface area contributed by atoms with E-state index >= 15 is 0 Å². The van der Waals surface area contributed by atoms with E-state index in [1.165, 1.54) is 0 Å². The zero-order chi connectivity index (χ0) is 24.4. The second kappa shape index (κ2) is 9.81. The van der Waals surface area contributed by atoms with Crippen molar-refractivity contribution in [2.24, 2.45) is 5.92 Å². The number of ether oxygens (including phenoxy) is 2. The van der Waals surface area contributed by atoms with Gasteiger partial charge < -0.3 is 14.6 Å². The van der Waals surface area contributed by atoms with Crippen LogP contribution in [-0.4, -0.2) is 42.9 Å². The number of fused-ring (bicyclic) bond motifs is 1. The van der Waals surface area contributed by atoms with Gasteiger partial charge in [-0.1, -0.05) is 24.3 Å². The summed E-state index contributed by atoms with van der Waals surface area (Å²) < 4.78 is 24.9. The summed E-state index contributed by atoms with van der Waals surface area (Å²) in [5.74, 6) is 1.83. The number of benzene rings is 3. The van der Waals surface area contributed by atoms with Crippen molar-refractivity contribution >= 4 is 11.1 Å². The molecule has 0 aromatic heterocycles. The van der Waals surface area contributed by atoms with Crippen LogP contribution in [-0.2, 0) is 0 Å². The molecule has 1 atom stereocenters. The van der Waals surface area contributed by atoms with Crippen LogP contribution in [0.1, 0.15) is 35.3 Å². The van der Waals surface area contributed by atoms with Crippen LogP contribution in [0.5, 0.6) is 17.2 Å². The number of hydrogen-bond donors (Lipinski definition) is 1. The highest BCUT2D eigenvalue weighted by molar-refractivity contribution is 5.95. The minimum Gasteiger partial charge on any atom is -0.508 e. The molecule has 0 unspecified atom stereocenters. The van der Waals surface area contributed by atoms with Gasteiger partial charge in [-0.3, -0.25) is 9.29 Å². The Morgan fingerprint density at radius 3 is 2.66 bits per heavy atom. The first-order chi connectivity index (χ1) is 17.1. The molecule has 0 radical (unpaired) electrons. The quantitative estimate of drug-likeness (QED) is 0.486. The number of allylic oxidation sites excluding steroid dienone is 1. The standard InChI is InChI=1S/C29H27FN2O3/c1-19-26-14-24(33)7-10-27(26)35-29(28(19)23-4-2-3-20(13-23)16-31)22-5-8-25(9-6-22)34-12-11-32-17-21(15-30)18-32/h2-10,13-14,21,29,33H,11-12,15,17-18H2,1H3/t29-/m0/s1. The Morgan fingerprint density at radius 2 is 1.91 bits per heavy atom. The van der Waals surface area contributed by atoms with Crippen molar-refractivity contribution in [3.8, 4) is 23.3 Å². The molecule has 3 aromatic rings. The third kappa shape index (κ3) is 4.73. The first-order valence-electron chi connectivity index (χ1n) is 11.8. The fourth-order valence-corrected chi connectivity index (χ4v) is 4.79. The molecular weight excluding hydrogens is 443 g/mol. The Labute approximate surface area is 204 Å². The summed E-state index contributed by atoms with van der Waals surface area (Å²) in [4.78, 5) is 2.19.